The number of piperidine rings is 1. The van der Waals surface area contributed by atoms with Gasteiger partial charge in [0.25, 0.3) is 5.91 Å². The molecule has 2 aromatic carbocycles. The Morgan fingerprint density at radius 1 is 1.06 bits per heavy atom. The average Bonchev–Trinajstić information content (AvgIpc) is 3.02. The second kappa shape index (κ2) is 8.45. The van der Waals surface area contributed by atoms with Crippen molar-refractivity contribution in [3.8, 4) is 0 Å². The number of ketones is 1. The van der Waals surface area contributed by atoms with Crippen molar-refractivity contribution >= 4 is 17.4 Å². The largest absolute Gasteiger partial charge is 0.375 e. The molecule has 32 heavy (non-hydrogen) atoms. The molecule has 1 amide bonds. The predicted molar refractivity (Wildman–Crippen MR) is 125 cm³/mol. The van der Waals surface area contributed by atoms with Crippen molar-refractivity contribution in [2.75, 3.05) is 24.7 Å². The lowest BCUT2D eigenvalue weighted by Crippen LogP contribution is -2.48. The van der Waals surface area contributed by atoms with E-state index in [0.29, 0.717) is 23.7 Å². The molecule has 2 aliphatic heterocycles. The fourth-order valence-corrected chi connectivity index (χ4v) is 5.46. The van der Waals surface area contributed by atoms with Gasteiger partial charge in [-0.1, -0.05) is 37.3 Å². The van der Waals surface area contributed by atoms with Crippen LogP contribution in [0.3, 0.4) is 0 Å². The van der Waals surface area contributed by atoms with Crippen LogP contribution in [0.5, 0.6) is 0 Å². The van der Waals surface area contributed by atoms with Crippen LogP contribution in [0.4, 0.5) is 5.69 Å². The summed E-state index contributed by atoms with van der Waals surface area (Å²) in [4.78, 5) is 30.7. The molecule has 0 radical (unpaired) electrons. The number of carbonyl (C=O) groups is 2. The summed E-state index contributed by atoms with van der Waals surface area (Å²) in [6, 6.07) is 13.2. The summed E-state index contributed by atoms with van der Waals surface area (Å²) in [7, 11) is 0. The highest BCUT2D eigenvalue weighted by Gasteiger charge is 2.51. The van der Waals surface area contributed by atoms with E-state index in [9.17, 15) is 14.7 Å². The minimum Gasteiger partial charge on any atom is -0.375 e. The summed E-state index contributed by atoms with van der Waals surface area (Å²) in [5.41, 5.74) is 2.59. The first-order chi connectivity index (χ1) is 15.5. The van der Waals surface area contributed by atoms with Crippen molar-refractivity contribution in [2.24, 2.45) is 5.92 Å². The average molecular weight is 433 g/mol. The van der Waals surface area contributed by atoms with Crippen molar-refractivity contribution in [1.29, 1.82) is 0 Å². The van der Waals surface area contributed by atoms with Gasteiger partial charge in [-0.2, -0.15) is 0 Å². The number of hydrogen-bond donors (Lipinski definition) is 1. The Hall–Kier alpha value is -2.50. The Kier molecular flexibility index (Phi) is 5.64. The third-order valence-electron chi connectivity index (χ3n) is 7.54. The third kappa shape index (κ3) is 3.78. The molecule has 1 saturated heterocycles. The number of anilines is 1. The maximum Gasteiger partial charge on any atom is 0.265 e. The van der Waals surface area contributed by atoms with Gasteiger partial charge in [-0.05, 0) is 67.7 Å². The Bertz CT molecular complexity index is 1040. The zero-order valence-corrected chi connectivity index (χ0v) is 18.8. The summed E-state index contributed by atoms with van der Waals surface area (Å²) in [6.07, 6.45) is 6.39. The molecule has 168 valence electrons. The zero-order valence-electron chi connectivity index (χ0n) is 18.8. The van der Waals surface area contributed by atoms with Gasteiger partial charge in [0.1, 0.15) is 0 Å². The Labute approximate surface area is 190 Å². The second-order valence-corrected chi connectivity index (χ2v) is 9.84. The number of aliphatic hydroxyl groups is 1. The number of likely N-dealkylation sites (tertiary alicyclic amines) is 1. The van der Waals surface area contributed by atoms with Crippen molar-refractivity contribution < 1.29 is 14.7 Å². The fourth-order valence-electron chi connectivity index (χ4n) is 5.46. The normalized spacial score (nSPS) is 23.8. The predicted octanol–water partition coefficient (Wildman–Crippen LogP) is 4.06. The number of nitrogens with zero attached hydrogens (tertiary/aromatic N) is 2. The summed E-state index contributed by atoms with van der Waals surface area (Å²) >= 11 is 0. The second-order valence-electron chi connectivity index (χ2n) is 9.84. The van der Waals surface area contributed by atoms with Crippen molar-refractivity contribution in [3.63, 3.8) is 0 Å². The summed E-state index contributed by atoms with van der Waals surface area (Å²) in [6.45, 7) is 4.61. The molecule has 1 fully saturated rings. The molecule has 5 rings (SSSR count). The van der Waals surface area contributed by atoms with Crippen LogP contribution in [0.15, 0.2) is 42.5 Å². The van der Waals surface area contributed by atoms with Gasteiger partial charge >= 0.3 is 0 Å². The topological polar surface area (TPSA) is 60.9 Å². The highest BCUT2D eigenvalue weighted by molar-refractivity contribution is 6.10. The molecule has 5 nitrogen and oxygen atoms in total. The number of fused-ring (bicyclic) bond motifs is 2. The van der Waals surface area contributed by atoms with Crippen LogP contribution >= 0.6 is 0 Å². The highest BCUT2D eigenvalue weighted by atomic mass is 16.3. The number of aryl methyl sites for hydroxylation is 2. The van der Waals surface area contributed by atoms with Gasteiger partial charge in [-0.3, -0.25) is 19.4 Å². The van der Waals surface area contributed by atoms with Gasteiger partial charge in [-0.25, -0.2) is 0 Å². The maximum absolute atomic E-state index is 13.5. The number of hydrogen-bond acceptors (Lipinski definition) is 4. The van der Waals surface area contributed by atoms with Gasteiger partial charge in [0.15, 0.2) is 11.4 Å². The van der Waals surface area contributed by atoms with Gasteiger partial charge in [0.05, 0.1) is 18.8 Å². The summed E-state index contributed by atoms with van der Waals surface area (Å²) in [5, 5.41) is 11.6. The first kappa shape index (κ1) is 21.4. The number of rotatable bonds is 5. The lowest BCUT2D eigenvalue weighted by molar-refractivity contribution is -0.136. The quantitative estimate of drug-likeness (QED) is 0.724. The molecule has 1 aliphatic carbocycles. The molecule has 0 aromatic heterocycles. The minimum atomic E-state index is -1.81. The summed E-state index contributed by atoms with van der Waals surface area (Å²) < 4.78 is 0. The SMILES string of the molecule is CC1CCN(CN2C(=O)C(O)(CC(=O)c3ccc4c(c3)CCCC4)c3ccccc32)CC1. The van der Waals surface area contributed by atoms with E-state index in [1.165, 1.54) is 17.5 Å². The molecule has 1 N–H and O–H groups in total. The Morgan fingerprint density at radius 2 is 1.78 bits per heavy atom. The smallest absolute Gasteiger partial charge is 0.265 e. The third-order valence-corrected chi connectivity index (χ3v) is 7.54. The van der Waals surface area contributed by atoms with Crippen LogP contribution in [-0.2, 0) is 23.2 Å². The number of Topliss-reactive ketones (excluding diaryl/α,β-unsaturated/α-hetero) is 1. The maximum atomic E-state index is 13.5. The zero-order chi connectivity index (χ0) is 22.3. The highest BCUT2D eigenvalue weighted by Crippen LogP contribution is 2.43. The van der Waals surface area contributed by atoms with E-state index >= 15 is 0 Å². The molecular weight excluding hydrogens is 400 g/mol. The van der Waals surface area contributed by atoms with Crippen LogP contribution < -0.4 is 4.90 Å². The Morgan fingerprint density at radius 3 is 2.56 bits per heavy atom. The molecular formula is C27H32N2O3. The molecule has 5 heteroatoms. The van der Waals surface area contributed by atoms with Gasteiger partial charge in [0, 0.05) is 24.2 Å². The van der Waals surface area contributed by atoms with E-state index in [1.807, 2.05) is 36.4 Å². The van der Waals surface area contributed by atoms with Gasteiger partial charge in [0.2, 0.25) is 0 Å². The minimum absolute atomic E-state index is 0.183. The van der Waals surface area contributed by atoms with Gasteiger partial charge in [-0.15, -0.1) is 0 Å². The number of para-hydroxylation sites is 1. The number of benzene rings is 2. The Balaban J connectivity index is 1.39. The van der Waals surface area contributed by atoms with E-state index in [0.717, 1.165) is 50.9 Å². The molecule has 0 saturated carbocycles. The first-order valence-corrected chi connectivity index (χ1v) is 12.0. The molecule has 0 spiro atoms. The van der Waals surface area contributed by atoms with Gasteiger partial charge < -0.3 is 5.11 Å². The monoisotopic (exact) mass is 432 g/mol. The first-order valence-electron chi connectivity index (χ1n) is 12.0. The van der Waals surface area contributed by atoms with E-state index in [2.05, 4.69) is 11.8 Å². The molecule has 2 aromatic rings. The van der Waals surface area contributed by atoms with E-state index < -0.39 is 5.60 Å². The van der Waals surface area contributed by atoms with Crippen LogP contribution in [0.2, 0.25) is 0 Å². The summed E-state index contributed by atoms with van der Waals surface area (Å²) in [5.74, 6) is 0.139. The fraction of sp³-hybridized carbons (Fsp3) is 0.481. The van der Waals surface area contributed by atoms with Crippen molar-refractivity contribution in [1.82, 2.24) is 4.90 Å². The van der Waals surface area contributed by atoms with E-state index in [-0.39, 0.29) is 18.1 Å². The molecule has 1 unspecified atom stereocenters. The van der Waals surface area contributed by atoms with Crippen LogP contribution in [0, 0.1) is 5.92 Å². The molecule has 0 bridgehead atoms. The number of amides is 1. The van der Waals surface area contributed by atoms with Crippen LogP contribution in [0.1, 0.15) is 66.1 Å². The standard InChI is InChI=1S/C27H32N2O3/c1-19-12-14-28(15-13-19)18-29-24-9-5-4-8-23(24)27(32,26(29)31)17-25(30)22-11-10-20-6-2-3-7-21(20)16-22/h4-5,8-11,16,19,32H,2-3,6-7,12-15,17-18H2,1H3. The number of carbonyl (C=O) groups excluding carboxylic acids is 2. The molecule has 1 atom stereocenters. The van der Waals surface area contributed by atoms with Crippen LogP contribution in [0.25, 0.3) is 0 Å². The van der Waals surface area contributed by atoms with Crippen LogP contribution in [-0.4, -0.2) is 41.5 Å². The van der Waals surface area contributed by atoms with Crippen molar-refractivity contribution in [2.45, 2.75) is 57.5 Å². The molecule has 3 aliphatic rings. The van der Waals surface area contributed by atoms with E-state index in [4.69, 9.17) is 0 Å². The van der Waals surface area contributed by atoms with E-state index in [1.54, 1.807) is 11.0 Å². The lowest BCUT2D eigenvalue weighted by Gasteiger charge is -2.34. The van der Waals surface area contributed by atoms with Crippen molar-refractivity contribution in [3.05, 3.63) is 64.7 Å². The lowest BCUT2D eigenvalue weighted by atomic mass is 9.85. The molecule has 2 heterocycles.